The highest BCUT2D eigenvalue weighted by Crippen LogP contribution is 2.27. The number of phenolic OH excluding ortho intramolecular Hbond substituents is 1. The number of carbonyl (C=O) groups excluding carboxylic acids is 2. The largest absolute Gasteiger partial charge is 0.507 e. The predicted octanol–water partition coefficient (Wildman–Crippen LogP) is 3.96. The normalized spacial score (nSPS) is 15.3. The van der Waals surface area contributed by atoms with Crippen molar-refractivity contribution >= 4 is 23.5 Å². The van der Waals surface area contributed by atoms with Gasteiger partial charge in [-0.05, 0) is 37.5 Å². The van der Waals surface area contributed by atoms with E-state index in [-0.39, 0.29) is 17.2 Å². The van der Waals surface area contributed by atoms with Gasteiger partial charge in [0.1, 0.15) is 11.3 Å². The highest BCUT2D eigenvalue weighted by molar-refractivity contribution is 6.30. The average Bonchev–Trinajstić information content (AvgIpc) is 2.67. The molecule has 1 fully saturated rings. The van der Waals surface area contributed by atoms with Gasteiger partial charge in [0.05, 0.1) is 0 Å². The van der Waals surface area contributed by atoms with Crippen molar-refractivity contribution in [3.63, 3.8) is 0 Å². The zero-order valence-electron chi connectivity index (χ0n) is 14.2. The average molecular weight is 374 g/mol. The van der Waals surface area contributed by atoms with Crippen molar-refractivity contribution < 1.29 is 19.4 Å². The maximum atomic E-state index is 13.0. The van der Waals surface area contributed by atoms with Crippen LogP contribution in [0, 0.1) is 0 Å². The van der Waals surface area contributed by atoms with E-state index in [0.717, 1.165) is 19.3 Å². The number of phenols is 1. The van der Waals surface area contributed by atoms with E-state index in [9.17, 15) is 14.7 Å². The van der Waals surface area contributed by atoms with Crippen molar-refractivity contribution in [2.45, 2.75) is 25.4 Å². The van der Waals surface area contributed by atoms with E-state index < -0.39 is 12.1 Å². The van der Waals surface area contributed by atoms with Gasteiger partial charge >= 0.3 is 5.97 Å². The van der Waals surface area contributed by atoms with Gasteiger partial charge in [0.25, 0.3) is 5.91 Å². The minimum atomic E-state index is -1.04. The van der Waals surface area contributed by atoms with Crippen LogP contribution in [0.1, 0.15) is 41.3 Å². The van der Waals surface area contributed by atoms with E-state index in [4.69, 9.17) is 16.3 Å². The minimum absolute atomic E-state index is 0.0261. The lowest BCUT2D eigenvalue weighted by Crippen LogP contribution is -2.40. The van der Waals surface area contributed by atoms with E-state index in [1.54, 1.807) is 29.2 Å². The molecule has 1 atom stereocenters. The van der Waals surface area contributed by atoms with Crippen LogP contribution < -0.4 is 0 Å². The molecule has 2 aromatic carbocycles. The number of hydrogen-bond donors (Lipinski definition) is 1. The summed E-state index contributed by atoms with van der Waals surface area (Å²) in [7, 11) is 0. The van der Waals surface area contributed by atoms with Gasteiger partial charge in [-0.25, -0.2) is 4.79 Å². The summed E-state index contributed by atoms with van der Waals surface area (Å²) < 4.78 is 5.53. The Labute approximate surface area is 157 Å². The molecule has 1 heterocycles. The SMILES string of the molecule is O=C(O[C@@H](C(=O)N1CCCCC1)c1ccccc1)c1ccc(Cl)cc1O. The van der Waals surface area contributed by atoms with Crippen molar-refractivity contribution in [1.29, 1.82) is 0 Å². The van der Waals surface area contributed by atoms with Crippen LogP contribution in [0.3, 0.4) is 0 Å². The Morgan fingerprint density at radius 3 is 2.38 bits per heavy atom. The second-order valence-corrected chi connectivity index (χ2v) is 6.68. The van der Waals surface area contributed by atoms with Gasteiger partial charge < -0.3 is 14.7 Å². The number of aromatic hydroxyl groups is 1. The number of esters is 1. The Balaban J connectivity index is 1.85. The molecular weight excluding hydrogens is 354 g/mol. The summed E-state index contributed by atoms with van der Waals surface area (Å²) >= 11 is 5.80. The highest BCUT2D eigenvalue weighted by Gasteiger charge is 2.31. The van der Waals surface area contributed by atoms with Crippen LogP contribution in [0.5, 0.6) is 5.75 Å². The molecule has 1 saturated heterocycles. The number of nitrogens with zero attached hydrogens (tertiary/aromatic N) is 1. The van der Waals surface area contributed by atoms with Crippen LogP contribution in [0.15, 0.2) is 48.5 Å². The number of carbonyl (C=O) groups is 2. The number of halogens is 1. The predicted molar refractivity (Wildman–Crippen MR) is 98.1 cm³/mol. The fourth-order valence-corrected chi connectivity index (χ4v) is 3.18. The molecule has 136 valence electrons. The van der Waals surface area contributed by atoms with Crippen molar-refractivity contribution in [3.05, 3.63) is 64.7 Å². The van der Waals surface area contributed by atoms with Crippen molar-refractivity contribution in [1.82, 2.24) is 4.90 Å². The summed E-state index contributed by atoms with van der Waals surface area (Å²) in [6, 6.07) is 13.1. The zero-order valence-corrected chi connectivity index (χ0v) is 15.0. The molecule has 6 heteroatoms. The minimum Gasteiger partial charge on any atom is -0.507 e. The first-order valence-corrected chi connectivity index (χ1v) is 8.97. The molecule has 3 rings (SSSR count). The molecule has 0 saturated carbocycles. The lowest BCUT2D eigenvalue weighted by Gasteiger charge is -2.30. The van der Waals surface area contributed by atoms with Gasteiger partial charge in [0.15, 0.2) is 0 Å². The van der Waals surface area contributed by atoms with Gasteiger partial charge in [-0.15, -0.1) is 0 Å². The maximum Gasteiger partial charge on any atom is 0.343 e. The Morgan fingerprint density at radius 1 is 1.04 bits per heavy atom. The quantitative estimate of drug-likeness (QED) is 0.824. The molecule has 0 unspecified atom stereocenters. The number of likely N-dealkylation sites (tertiary alicyclic amines) is 1. The molecule has 0 bridgehead atoms. The van der Waals surface area contributed by atoms with Gasteiger partial charge in [0, 0.05) is 23.7 Å². The van der Waals surface area contributed by atoms with Gasteiger partial charge in [-0.1, -0.05) is 41.9 Å². The van der Waals surface area contributed by atoms with E-state index in [1.807, 2.05) is 6.07 Å². The number of hydrogen-bond acceptors (Lipinski definition) is 4. The maximum absolute atomic E-state index is 13.0. The van der Waals surface area contributed by atoms with Crippen LogP contribution in [0.4, 0.5) is 0 Å². The number of rotatable bonds is 4. The smallest absolute Gasteiger partial charge is 0.343 e. The molecule has 1 aliphatic heterocycles. The summed E-state index contributed by atoms with van der Waals surface area (Å²) in [5.74, 6) is -1.28. The molecule has 1 amide bonds. The first kappa shape index (κ1) is 18.3. The molecule has 0 aliphatic carbocycles. The lowest BCUT2D eigenvalue weighted by molar-refractivity contribution is -0.142. The van der Waals surface area contributed by atoms with Crippen molar-refractivity contribution in [2.75, 3.05) is 13.1 Å². The number of amides is 1. The molecule has 1 aliphatic rings. The molecule has 26 heavy (non-hydrogen) atoms. The van der Waals surface area contributed by atoms with Crippen molar-refractivity contribution in [3.8, 4) is 5.75 Å². The van der Waals surface area contributed by atoms with E-state index in [1.165, 1.54) is 18.2 Å². The van der Waals surface area contributed by atoms with Crippen LogP contribution in [-0.2, 0) is 9.53 Å². The van der Waals surface area contributed by atoms with E-state index in [0.29, 0.717) is 23.7 Å². The molecular formula is C20H20ClNO4. The molecule has 1 N–H and O–H groups in total. The van der Waals surface area contributed by atoms with Gasteiger partial charge in [-0.2, -0.15) is 0 Å². The first-order chi connectivity index (χ1) is 12.6. The third kappa shape index (κ3) is 4.17. The second-order valence-electron chi connectivity index (χ2n) is 6.24. The second kappa shape index (κ2) is 8.23. The highest BCUT2D eigenvalue weighted by atomic mass is 35.5. The zero-order chi connectivity index (χ0) is 18.5. The Hall–Kier alpha value is -2.53. The summed E-state index contributed by atoms with van der Waals surface area (Å²) in [6.07, 6.45) is 1.94. The Morgan fingerprint density at radius 2 is 1.73 bits per heavy atom. The van der Waals surface area contributed by atoms with E-state index in [2.05, 4.69) is 0 Å². The molecule has 0 radical (unpaired) electrons. The van der Waals surface area contributed by atoms with E-state index >= 15 is 0 Å². The summed E-state index contributed by atoms with van der Waals surface area (Å²) in [5.41, 5.74) is 0.576. The molecule has 0 spiro atoms. The number of piperidine rings is 1. The van der Waals surface area contributed by atoms with Crippen molar-refractivity contribution in [2.24, 2.45) is 0 Å². The molecule has 0 aromatic heterocycles. The Bertz CT molecular complexity index is 788. The van der Waals surface area contributed by atoms with Crippen LogP contribution in [0.2, 0.25) is 5.02 Å². The fraction of sp³-hybridized carbons (Fsp3) is 0.300. The summed E-state index contributed by atoms with van der Waals surface area (Å²) in [4.78, 5) is 27.3. The lowest BCUT2D eigenvalue weighted by atomic mass is 10.1. The third-order valence-electron chi connectivity index (χ3n) is 4.40. The van der Waals surface area contributed by atoms with Crippen LogP contribution in [-0.4, -0.2) is 35.0 Å². The Kier molecular flexibility index (Phi) is 5.78. The summed E-state index contributed by atoms with van der Waals surface area (Å²) in [6.45, 7) is 1.32. The van der Waals surface area contributed by atoms with Gasteiger partial charge in [0.2, 0.25) is 6.10 Å². The van der Waals surface area contributed by atoms with Crippen LogP contribution >= 0.6 is 11.6 Å². The standard InChI is InChI=1S/C20H20ClNO4/c21-15-9-10-16(17(23)13-15)20(25)26-18(14-7-3-1-4-8-14)19(24)22-11-5-2-6-12-22/h1,3-4,7-10,13,18,23H,2,5-6,11-12H2/t18-/m1/s1. The molecule has 2 aromatic rings. The number of benzene rings is 2. The monoisotopic (exact) mass is 373 g/mol. The summed E-state index contributed by atoms with van der Waals surface area (Å²) in [5, 5.41) is 10.3. The fourth-order valence-electron chi connectivity index (χ4n) is 3.02. The topological polar surface area (TPSA) is 66.8 Å². The third-order valence-corrected chi connectivity index (χ3v) is 4.63. The van der Waals surface area contributed by atoms with Gasteiger partial charge in [-0.3, -0.25) is 4.79 Å². The number of ether oxygens (including phenoxy) is 1. The van der Waals surface area contributed by atoms with Crippen LogP contribution in [0.25, 0.3) is 0 Å². The first-order valence-electron chi connectivity index (χ1n) is 8.59. The molecule has 5 nitrogen and oxygen atoms in total.